The van der Waals surface area contributed by atoms with Crippen LogP contribution in [0.2, 0.25) is 0 Å². The van der Waals surface area contributed by atoms with Gasteiger partial charge in [0.25, 0.3) is 11.8 Å². The van der Waals surface area contributed by atoms with Crippen LogP contribution in [0.5, 0.6) is 5.75 Å². The van der Waals surface area contributed by atoms with Gasteiger partial charge in [0.05, 0.1) is 18.1 Å². The molecule has 1 aromatic heterocycles. The smallest absolute Gasteiger partial charge is 0.262 e. The Morgan fingerprint density at radius 3 is 3.12 bits per heavy atom. The summed E-state index contributed by atoms with van der Waals surface area (Å²) in [4.78, 5) is 30.1. The molecule has 1 atom stereocenters. The number of rotatable bonds is 2. The first-order valence-electron chi connectivity index (χ1n) is 8.04. The second kappa shape index (κ2) is 5.99. The number of benzene rings is 1. The molecule has 7 nitrogen and oxygen atoms in total. The third kappa shape index (κ3) is 2.73. The molecule has 0 spiro atoms. The Hall–Kier alpha value is -2.83. The first-order valence-corrected chi connectivity index (χ1v) is 8.04. The molecule has 0 saturated carbocycles. The molecule has 0 radical (unpaired) electrons. The Kier molecular flexibility index (Phi) is 3.68. The number of imidazole rings is 1. The van der Waals surface area contributed by atoms with E-state index in [1.165, 1.54) is 0 Å². The van der Waals surface area contributed by atoms with E-state index in [4.69, 9.17) is 4.74 Å². The molecule has 0 unspecified atom stereocenters. The van der Waals surface area contributed by atoms with Gasteiger partial charge in [0.2, 0.25) is 0 Å². The van der Waals surface area contributed by atoms with E-state index in [1.807, 2.05) is 11.1 Å². The minimum atomic E-state index is -0.180. The lowest BCUT2D eigenvalue weighted by atomic mass is 10.0. The zero-order valence-electron chi connectivity index (χ0n) is 13.1. The summed E-state index contributed by atoms with van der Waals surface area (Å²) >= 11 is 0. The van der Waals surface area contributed by atoms with E-state index in [2.05, 4.69) is 14.9 Å². The molecule has 24 heavy (non-hydrogen) atoms. The van der Waals surface area contributed by atoms with Gasteiger partial charge in [-0.1, -0.05) is 0 Å². The summed E-state index contributed by atoms with van der Waals surface area (Å²) in [6, 6.07) is 5.42. The summed E-state index contributed by atoms with van der Waals surface area (Å²) in [5, 5.41) is 2.73. The van der Waals surface area contributed by atoms with Gasteiger partial charge in [-0.15, -0.1) is 0 Å². The molecule has 1 fully saturated rings. The van der Waals surface area contributed by atoms with Gasteiger partial charge in [-0.25, -0.2) is 4.98 Å². The van der Waals surface area contributed by atoms with E-state index in [9.17, 15) is 9.59 Å². The second-order valence-electron chi connectivity index (χ2n) is 6.10. The highest BCUT2D eigenvalue weighted by Crippen LogP contribution is 2.30. The lowest BCUT2D eigenvalue weighted by Gasteiger charge is -2.33. The van der Waals surface area contributed by atoms with Crippen molar-refractivity contribution in [3.8, 4) is 5.75 Å². The fraction of sp³-hybridized carbons (Fsp3) is 0.353. The monoisotopic (exact) mass is 326 g/mol. The molecule has 2 aliphatic heterocycles. The summed E-state index contributed by atoms with van der Waals surface area (Å²) in [6.07, 6.45) is 7.50. The van der Waals surface area contributed by atoms with Crippen LogP contribution in [-0.4, -0.2) is 46.0 Å². The van der Waals surface area contributed by atoms with Gasteiger partial charge >= 0.3 is 0 Å². The molecule has 2 aliphatic rings. The molecule has 1 N–H and O–H groups in total. The topological polar surface area (TPSA) is 76.5 Å². The Balaban J connectivity index is 1.52. The van der Waals surface area contributed by atoms with Gasteiger partial charge in [0, 0.05) is 31.0 Å². The number of amides is 2. The Bertz CT molecular complexity index is 772. The van der Waals surface area contributed by atoms with Crippen molar-refractivity contribution in [2.75, 3.05) is 25.0 Å². The van der Waals surface area contributed by atoms with Crippen LogP contribution in [0.1, 0.15) is 29.2 Å². The first kappa shape index (κ1) is 14.7. The zero-order chi connectivity index (χ0) is 16.5. The number of aromatic nitrogens is 2. The normalized spacial score (nSPS) is 20.1. The maximum absolute atomic E-state index is 12.8. The van der Waals surface area contributed by atoms with E-state index >= 15 is 0 Å². The third-order valence-electron chi connectivity index (χ3n) is 4.49. The second-order valence-corrected chi connectivity index (χ2v) is 6.10. The average Bonchev–Trinajstić information content (AvgIpc) is 3.15. The quantitative estimate of drug-likeness (QED) is 0.911. The Labute approximate surface area is 139 Å². The standard InChI is InChI=1S/C17H18N4O3/c22-16-10-24-15-8-12(3-4-14(15)19-16)17(23)20-6-1-2-13(9-20)21-7-5-18-11-21/h3-5,7-8,11,13H,1-2,6,9-10H2,(H,19,22)/t13-/m1/s1. The lowest BCUT2D eigenvalue weighted by molar-refractivity contribution is -0.118. The number of hydrogen-bond acceptors (Lipinski definition) is 4. The SMILES string of the molecule is O=C1COc2cc(C(=O)N3CCC[C@@H](n4ccnc4)C3)ccc2N1. The average molecular weight is 326 g/mol. The molecule has 124 valence electrons. The number of carbonyl (C=O) groups excluding carboxylic acids is 2. The van der Waals surface area contributed by atoms with Crippen LogP contribution in [0, 0.1) is 0 Å². The predicted molar refractivity (Wildman–Crippen MR) is 87.0 cm³/mol. The van der Waals surface area contributed by atoms with Crippen LogP contribution < -0.4 is 10.1 Å². The largest absolute Gasteiger partial charge is 0.482 e. The number of hydrogen-bond donors (Lipinski definition) is 1. The molecule has 1 aromatic carbocycles. The maximum atomic E-state index is 12.8. The molecule has 1 saturated heterocycles. The number of ether oxygens (including phenoxy) is 1. The van der Waals surface area contributed by atoms with Crippen molar-refractivity contribution in [1.82, 2.24) is 14.5 Å². The van der Waals surface area contributed by atoms with E-state index in [0.717, 1.165) is 19.4 Å². The van der Waals surface area contributed by atoms with E-state index in [0.29, 0.717) is 23.5 Å². The van der Waals surface area contributed by atoms with Crippen LogP contribution >= 0.6 is 0 Å². The molecular weight excluding hydrogens is 308 g/mol. The predicted octanol–water partition coefficient (Wildman–Crippen LogP) is 1.69. The van der Waals surface area contributed by atoms with Crippen molar-refractivity contribution in [3.63, 3.8) is 0 Å². The summed E-state index contributed by atoms with van der Waals surface area (Å²) in [7, 11) is 0. The Morgan fingerprint density at radius 2 is 2.29 bits per heavy atom. The highest BCUT2D eigenvalue weighted by Gasteiger charge is 2.26. The number of nitrogens with one attached hydrogen (secondary N) is 1. The molecule has 2 amide bonds. The Morgan fingerprint density at radius 1 is 1.38 bits per heavy atom. The molecule has 4 rings (SSSR count). The number of carbonyl (C=O) groups is 2. The van der Waals surface area contributed by atoms with Crippen molar-refractivity contribution in [2.45, 2.75) is 18.9 Å². The summed E-state index contributed by atoms with van der Waals surface area (Å²) in [6.45, 7) is 1.40. The van der Waals surface area contributed by atoms with Crippen LogP contribution in [0.3, 0.4) is 0 Å². The molecule has 3 heterocycles. The number of likely N-dealkylation sites (tertiary alicyclic amines) is 1. The minimum absolute atomic E-state index is 0.0110. The highest BCUT2D eigenvalue weighted by atomic mass is 16.5. The van der Waals surface area contributed by atoms with E-state index in [-0.39, 0.29) is 24.5 Å². The van der Waals surface area contributed by atoms with Gasteiger partial charge < -0.3 is 19.5 Å². The van der Waals surface area contributed by atoms with Gasteiger partial charge in [-0.05, 0) is 31.0 Å². The number of anilines is 1. The van der Waals surface area contributed by atoms with Crippen molar-refractivity contribution < 1.29 is 14.3 Å². The third-order valence-corrected chi connectivity index (χ3v) is 4.49. The highest BCUT2D eigenvalue weighted by molar-refractivity contribution is 5.99. The first-order chi connectivity index (χ1) is 11.7. The molecule has 7 heteroatoms. The van der Waals surface area contributed by atoms with Crippen molar-refractivity contribution >= 4 is 17.5 Å². The summed E-state index contributed by atoms with van der Waals surface area (Å²) in [5.74, 6) is 0.354. The van der Waals surface area contributed by atoms with E-state index in [1.54, 1.807) is 30.7 Å². The number of fused-ring (bicyclic) bond motifs is 1. The molecule has 0 aliphatic carbocycles. The van der Waals surface area contributed by atoms with Crippen LogP contribution in [0.15, 0.2) is 36.9 Å². The lowest BCUT2D eigenvalue weighted by Crippen LogP contribution is -2.40. The van der Waals surface area contributed by atoms with Gasteiger partial charge in [0.1, 0.15) is 5.75 Å². The summed E-state index contributed by atoms with van der Waals surface area (Å²) in [5.41, 5.74) is 1.19. The van der Waals surface area contributed by atoms with Crippen LogP contribution in [0.4, 0.5) is 5.69 Å². The molecule has 0 bridgehead atoms. The molecule has 2 aromatic rings. The van der Waals surface area contributed by atoms with Crippen LogP contribution in [-0.2, 0) is 4.79 Å². The fourth-order valence-corrected chi connectivity index (χ4v) is 3.26. The number of nitrogens with zero attached hydrogens (tertiary/aromatic N) is 3. The van der Waals surface area contributed by atoms with Crippen molar-refractivity contribution in [1.29, 1.82) is 0 Å². The fourth-order valence-electron chi connectivity index (χ4n) is 3.26. The zero-order valence-corrected chi connectivity index (χ0v) is 13.1. The maximum Gasteiger partial charge on any atom is 0.262 e. The minimum Gasteiger partial charge on any atom is -0.482 e. The van der Waals surface area contributed by atoms with Crippen LogP contribution in [0.25, 0.3) is 0 Å². The number of piperidine rings is 1. The van der Waals surface area contributed by atoms with E-state index < -0.39 is 0 Å². The van der Waals surface area contributed by atoms with Crippen molar-refractivity contribution in [3.05, 3.63) is 42.5 Å². The van der Waals surface area contributed by atoms with Gasteiger partial charge in [-0.3, -0.25) is 9.59 Å². The van der Waals surface area contributed by atoms with Crippen molar-refractivity contribution in [2.24, 2.45) is 0 Å². The molecular formula is C17H18N4O3. The summed E-state index contributed by atoms with van der Waals surface area (Å²) < 4.78 is 7.46. The van der Waals surface area contributed by atoms with Gasteiger partial charge in [-0.2, -0.15) is 0 Å². The van der Waals surface area contributed by atoms with Gasteiger partial charge in [0.15, 0.2) is 6.61 Å².